The molecule has 0 spiro atoms. The van der Waals surface area contributed by atoms with Gasteiger partial charge in [-0.2, -0.15) is 0 Å². The number of carbonyl (C=O) groups excluding carboxylic acids is 1. The molecule has 0 unspecified atom stereocenters. The fourth-order valence-electron chi connectivity index (χ4n) is 1.98. The molecule has 0 aliphatic heterocycles. The molecule has 0 aromatic heterocycles. The lowest BCUT2D eigenvalue weighted by molar-refractivity contribution is -0.117. The first-order valence-electron chi connectivity index (χ1n) is 6.89. The van der Waals surface area contributed by atoms with E-state index >= 15 is 0 Å². The van der Waals surface area contributed by atoms with Crippen molar-refractivity contribution in [3.63, 3.8) is 0 Å². The topological polar surface area (TPSA) is 101 Å². The lowest BCUT2D eigenvalue weighted by Gasteiger charge is -2.12. The zero-order valence-corrected chi connectivity index (χ0v) is 13.7. The van der Waals surface area contributed by atoms with Crippen LogP contribution in [0.4, 0.5) is 5.69 Å². The molecular weight excluding hydrogens is 305 g/mol. The van der Waals surface area contributed by atoms with Gasteiger partial charge in [-0.15, -0.1) is 0 Å². The van der Waals surface area contributed by atoms with Crippen molar-refractivity contribution >= 4 is 19.1 Å². The molecule has 0 saturated heterocycles. The summed E-state index contributed by atoms with van der Waals surface area (Å²) in [6, 6.07) is 7.34. The standard InChI is InChI=1S/C14H20N3O4P/c1-20-22(19,21-2)11-14(18)9-4-3-6-12-7-5-8-13(10-12)16-17-15/h5,7-8,10H,3-4,6,9,11H2,1-2H3. The second-order valence-corrected chi connectivity index (χ2v) is 7.01. The SMILES string of the molecule is COP(=O)(CC(=O)CCCCc1cccc(N=[N+]=[N-])c1)OC. The smallest absolute Gasteiger partial charge is 0.312 e. The number of rotatable bonds is 10. The van der Waals surface area contributed by atoms with E-state index in [0.717, 1.165) is 18.4 Å². The maximum absolute atomic E-state index is 11.8. The number of Topliss-reactive ketones (excluding diaryl/α,β-unsaturated/α-hetero) is 1. The van der Waals surface area contributed by atoms with E-state index in [2.05, 4.69) is 10.0 Å². The Kier molecular flexibility index (Phi) is 7.85. The first kappa shape index (κ1) is 18.4. The Morgan fingerprint density at radius 1 is 1.32 bits per heavy atom. The van der Waals surface area contributed by atoms with E-state index in [4.69, 9.17) is 14.6 Å². The van der Waals surface area contributed by atoms with Crippen molar-refractivity contribution in [3.8, 4) is 0 Å². The summed E-state index contributed by atoms with van der Waals surface area (Å²) in [6.07, 6.45) is 2.45. The largest absolute Gasteiger partial charge is 0.337 e. The van der Waals surface area contributed by atoms with E-state index in [1.54, 1.807) is 6.07 Å². The highest BCUT2D eigenvalue weighted by Crippen LogP contribution is 2.46. The van der Waals surface area contributed by atoms with Crippen molar-refractivity contribution in [1.29, 1.82) is 0 Å². The van der Waals surface area contributed by atoms with Crippen molar-refractivity contribution in [2.24, 2.45) is 5.11 Å². The van der Waals surface area contributed by atoms with Crippen LogP contribution in [-0.2, 0) is 24.8 Å². The van der Waals surface area contributed by atoms with E-state index < -0.39 is 7.60 Å². The van der Waals surface area contributed by atoms with Gasteiger partial charge in [0, 0.05) is 31.2 Å². The van der Waals surface area contributed by atoms with E-state index in [1.807, 2.05) is 18.2 Å². The van der Waals surface area contributed by atoms with Gasteiger partial charge in [0.2, 0.25) is 0 Å². The van der Waals surface area contributed by atoms with Gasteiger partial charge >= 0.3 is 7.60 Å². The molecule has 7 nitrogen and oxygen atoms in total. The summed E-state index contributed by atoms with van der Waals surface area (Å²) >= 11 is 0. The first-order chi connectivity index (χ1) is 10.5. The number of unbranched alkanes of at least 4 members (excludes halogenated alkanes) is 1. The summed E-state index contributed by atoms with van der Waals surface area (Å²) in [7, 11) is -0.710. The third-order valence-electron chi connectivity index (χ3n) is 3.17. The molecule has 8 heteroatoms. The molecule has 0 radical (unpaired) electrons. The Labute approximate surface area is 129 Å². The zero-order valence-electron chi connectivity index (χ0n) is 12.8. The maximum atomic E-state index is 11.8. The van der Waals surface area contributed by atoms with Crippen LogP contribution in [0, 0.1) is 0 Å². The predicted octanol–water partition coefficient (Wildman–Crippen LogP) is 4.40. The molecule has 0 fully saturated rings. The van der Waals surface area contributed by atoms with Crippen LogP contribution in [0.25, 0.3) is 10.4 Å². The minimum absolute atomic E-state index is 0.130. The van der Waals surface area contributed by atoms with Gasteiger partial charge in [0.1, 0.15) is 11.9 Å². The molecular formula is C14H20N3O4P. The summed E-state index contributed by atoms with van der Waals surface area (Å²) in [5.74, 6) is -0.130. The van der Waals surface area contributed by atoms with Gasteiger partial charge in [-0.1, -0.05) is 23.3 Å². The second kappa shape index (κ2) is 9.38. The summed E-state index contributed by atoms with van der Waals surface area (Å²) in [5.41, 5.74) is 10.0. The first-order valence-corrected chi connectivity index (χ1v) is 8.62. The Bertz CT molecular complexity index is 592. The normalized spacial score (nSPS) is 11.0. The van der Waals surface area contributed by atoms with Crippen molar-refractivity contribution in [1.82, 2.24) is 0 Å². The number of nitrogens with zero attached hydrogens (tertiary/aromatic N) is 3. The van der Waals surface area contributed by atoms with Crippen LogP contribution in [0.3, 0.4) is 0 Å². The number of azide groups is 1. The monoisotopic (exact) mass is 325 g/mol. The Morgan fingerprint density at radius 3 is 2.68 bits per heavy atom. The van der Waals surface area contributed by atoms with Gasteiger partial charge in [0.15, 0.2) is 0 Å². The van der Waals surface area contributed by atoms with E-state index in [0.29, 0.717) is 18.5 Å². The fraction of sp³-hybridized carbons (Fsp3) is 0.500. The molecule has 0 N–H and O–H groups in total. The predicted molar refractivity (Wildman–Crippen MR) is 84.3 cm³/mol. The van der Waals surface area contributed by atoms with Gasteiger partial charge < -0.3 is 9.05 Å². The molecule has 0 aliphatic carbocycles. The molecule has 0 atom stereocenters. The third-order valence-corrected chi connectivity index (χ3v) is 5.02. The van der Waals surface area contributed by atoms with E-state index in [1.165, 1.54) is 14.2 Å². The molecule has 1 aromatic carbocycles. The number of hydrogen-bond donors (Lipinski definition) is 0. The van der Waals surface area contributed by atoms with Crippen molar-refractivity contribution in [2.45, 2.75) is 25.7 Å². The lowest BCUT2D eigenvalue weighted by Crippen LogP contribution is -2.07. The van der Waals surface area contributed by atoms with Gasteiger partial charge in [-0.05, 0) is 36.4 Å². The summed E-state index contributed by atoms with van der Waals surface area (Å²) < 4.78 is 21.3. The van der Waals surface area contributed by atoms with Crippen LogP contribution in [0.1, 0.15) is 24.8 Å². The second-order valence-electron chi connectivity index (χ2n) is 4.74. The molecule has 0 bridgehead atoms. The van der Waals surface area contributed by atoms with Crippen LogP contribution >= 0.6 is 7.60 Å². The number of carbonyl (C=O) groups is 1. The Morgan fingerprint density at radius 2 is 2.05 bits per heavy atom. The van der Waals surface area contributed by atoms with E-state index in [-0.39, 0.29) is 11.9 Å². The third kappa shape index (κ3) is 6.41. The highest BCUT2D eigenvalue weighted by Gasteiger charge is 2.24. The van der Waals surface area contributed by atoms with Gasteiger partial charge in [0.05, 0.1) is 0 Å². The van der Waals surface area contributed by atoms with Gasteiger partial charge in [-0.3, -0.25) is 9.36 Å². The fourth-order valence-corrected chi connectivity index (χ4v) is 2.97. The van der Waals surface area contributed by atoms with Crippen molar-refractivity contribution < 1.29 is 18.4 Å². The zero-order chi connectivity index (χ0) is 16.4. The minimum Gasteiger partial charge on any atom is -0.312 e. The molecule has 22 heavy (non-hydrogen) atoms. The number of benzene rings is 1. The number of aryl methyl sites for hydroxylation is 1. The minimum atomic E-state index is -3.25. The van der Waals surface area contributed by atoms with Crippen molar-refractivity contribution in [3.05, 3.63) is 40.3 Å². The summed E-state index contributed by atoms with van der Waals surface area (Å²) in [6.45, 7) is 0. The van der Waals surface area contributed by atoms with Gasteiger partial charge in [-0.25, -0.2) is 0 Å². The molecule has 1 aromatic rings. The molecule has 1 rings (SSSR count). The highest BCUT2D eigenvalue weighted by molar-refractivity contribution is 7.54. The summed E-state index contributed by atoms with van der Waals surface area (Å²) in [4.78, 5) is 14.5. The van der Waals surface area contributed by atoms with Crippen LogP contribution in [0.2, 0.25) is 0 Å². The molecule has 0 aliphatic rings. The van der Waals surface area contributed by atoms with Crippen molar-refractivity contribution in [2.75, 3.05) is 20.4 Å². The van der Waals surface area contributed by atoms with Crippen LogP contribution in [0.15, 0.2) is 29.4 Å². The van der Waals surface area contributed by atoms with Crippen LogP contribution in [0.5, 0.6) is 0 Å². The molecule has 0 amide bonds. The average molecular weight is 325 g/mol. The van der Waals surface area contributed by atoms with Gasteiger partial charge in [0.25, 0.3) is 0 Å². The average Bonchev–Trinajstić information content (AvgIpc) is 2.52. The quantitative estimate of drug-likeness (QED) is 0.209. The molecule has 0 saturated carbocycles. The van der Waals surface area contributed by atoms with E-state index in [9.17, 15) is 9.36 Å². The van der Waals surface area contributed by atoms with Crippen LogP contribution in [-0.4, -0.2) is 26.2 Å². The van der Waals surface area contributed by atoms with Crippen LogP contribution < -0.4 is 0 Å². The maximum Gasteiger partial charge on any atom is 0.337 e. The Hall–Kier alpha value is -1.65. The number of hydrogen-bond acceptors (Lipinski definition) is 5. The number of ketones is 1. The Balaban J connectivity index is 2.36. The summed E-state index contributed by atoms with van der Waals surface area (Å²) in [5, 5.41) is 3.55. The molecule has 120 valence electrons. The highest BCUT2D eigenvalue weighted by atomic mass is 31.2. The lowest BCUT2D eigenvalue weighted by atomic mass is 10.1. The molecule has 0 heterocycles.